The Bertz CT molecular complexity index is 770. The van der Waals surface area contributed by atoms with Gasteiger partial charge in [0.2, 0.25) is 5.82 Å². The van der Waals surface area contributed by atoms with Gasteiger partial charge in [0.1, 0.15) is 0 Å². The summed E-state index contributed by atoms with van der Waals surface area (Å²) in [6.07, 6.45) is 6.22. The zero-order valence-corrected chi connectivity index (χ0v) is 14.2. The van der Waals surface area contributed by atoms with Crippen LogP contribution in [-0.2, 0) is 0 Å². The minimum Gasteiger partial charge on any atom is -0.334 e. The van der Waals surface area contributed by atoms with Crippen molar-refractivity contribution in [3.63, 3.8) is 0 Å². The summed E-state index contributed by atoms with van der Waals surface area (Å²) < 4.78 is 0. The molecular weight excluding hydrogens is 312 g/mol. The van der Waals surface area contributed by atoms with E-state index in [0.717, 1.165) is 0 Å². The number of aromatic nitrogens is 3. The van der Waals surface area contributed by atoms with Crippen molar-refractivity contribution in [2.75, 3.05) is 7.05 Å². The third-order valence-corrected chi connectivity index (χ3v) is 3.42. The lowest BCUT2D eigenvalue weighted by molar-refractivity contribution is 0.0643. The number of carbonyl (C=O) groups excluding carboxylic acids is 1. The molecule has 0 aliphatic heterocycles. The van der Waals surface area contributed by atoms with Crippen LogP contribution in [0.3, 0.4) is 0 Å². The largest absolute Gasteiger partial charge is 0.334 e. The predicted octanol–water partition coefficient (Wildman–Crippen LogP) is 2.80. The topological polar surface area (TPSA) is 59.0 Å². The molecule has 6 heteroatoms. The summed E-state index contributed by atoms with van der Waals surface area (Å²) in [6.45, 7) is 5.84. The molecule has 0 fully saturated rings. The van der Waals surface area contributed by atoms with E-state index < -0.39 is 0 Å². The van der Waals surface area contributed by atoms with Crippen LogP contribution in [0.2, 0.25) is 5.02 Å². The molecule has 0 bridgehead atoms. The molecule has 0 aliphatic rings. The molecule has 0 saturated heterocycles. The van der Waals surface area contributed by atoms with E-state index in [0.29, 0.717) is 16.1 Å². The summed E-state index contributed by atoms with van der Waals surface area (Å²) in [4.78, 5) is 26.0. The first kappa shape index (κ1) is 16.9. The van der Waals surface area contributed by atoms with E-state index in [1.54, 1.807) is 30.4 Å². The maximum Gasteiger partial charge on any atom is 0.291 e. The fourth-order valence-electron chi connectivity index (χ4n) is 1.58. The second-order valence-corrected chi connectivity index (χ2v) is 6.41. The first-order chi connectivity index (χ1) is 10.8. The molecule has 0 atom stereocenters. The molecule has 0 aliphatic carbocycles. The van der Waals surface area contributed by atoms with Gasteiger partial charge in [-0.25, -0.2) is 9.97 Å². The van der Waals surface area contributed by atoms with Crippen LogP contribution in [0.4, 0.5) is 0 Å². The van der Waals surface area contributed by atoms with Gasteiger partial charge in [-0.05, 0) is 26.8 Å². The van der Waals surface area contributed by atoms with E-state index in [9.17, 15) is 4.79 Å². The van der Waals surface area contributed by atoms with Gasteiger partial charge in [0.25, 0.3) is 5.91 Å². The van der Waals surface area contributed by atoms with Crippen LogP contribution in [-0.4, -0.2) is 38.3 Å². The second kappa shape index (κ2) is 6.76. The summed E-state index contributed by atoms with van der Waals surface area (Å²) in [5, 5.41) is 0.527. The Morgan fingerprint density at radius 1 is 1.09 bits per heavy atom. The van der Waals surface area contributed by atoms with Crippen molar-refractivity contribution in [1.29, 1.82) is 0 Å². The summed E-state index contributed by atoms with van der Waals surface area (Å²) in [5.41, 5.74) is 1.02. The van der Waals surface area contributed by atoms with Gasteiger partial charge in [-0.1, -0.05) is 23.4 Å². The smallest absolute Gasteiger partial charge is 0.291 e. The van der Waals surface area contributed by atoms with E-state index in [2.05, 4.69) is 26.8 Å². The Kier molecular flexibility index (Phi) is 4.97. The minimum absolute atomic E-state index is 0.150. The minimum atomic E-state index is -0.293. The summed E-state index contributed by atoms with van der Waals surface area (Å²) in [5.74, 6) is 5.76. The number of nitrogens with zero attached hydrogens (tertiary/aromatic N) is 4. The van der Waals surface area contributed by atoms with Gasteiger partial charge in [-0.3, -0.25) is 9.78 Å². The molecule has 2 heterocycles. The highest BCUT2D eigenvalue weighted by atomic mass is 35.5. The van der Waals surface area contributed by atoms with Gasteiger partial charge >= 0.3 is 0 Å². The van der Waals surface area contributed by atoms with Gasteiger partial charge in [0.15, 0.2) is 0 Å². The standard InChI is InChI=1S/C17H17ClN4O/c1-17(2,3)22(4)16(23)15-20-9-13(10-21-15)6-5-12-7-14(18)11-19-8-12/h7-11H,1-4H3. The SMILES string of the molecule is CN(C(=O)c1ncc(C#Cc2cncc(Cl)c2)cn1)C(C)(C)C. The Hall–Kier alpha value is -2.45. The second-order valence-electron chi connectivity index (χ2n) is 5.97. The number of carbonyl (C=O) groups is 1. The first-order valence-electron chi connectivity index (χ1n) is 7.00. The van der Waals surface area contributed by atoms with E-state index in [1.165, 1.54) is 12.4 Å². The number of pyridine rings is 1. The summed E-state index contributed by atoms with van der Waals surface area (Å²) >= 11 is 5.85. The maximum absolute atomic E-state index is 12.3. The lowest BCUT2D eigenvalue weighted by Crippen LogP contribution is -2.43. The molecule has 0 spiro atoms. The van der Waals surface area contributed by atoms with Crippen LogP contribution in [0.1, 0.15) is 42.5 Å². The Morgan fingerprint density at radius 3 is 2.26 bits per heavy atom. The molecule has 2 rings (SSSR count). The summed E-state index contributed by atoms with van der Waals surface area (Å²) in [6, 6.07) is 1.72. The van der Waals surface area contributed by atoms with Crippen LogP contribution in [0, 0.1) is 11.8 Å². The molecule has 2 aromatic rings. The average Bonchev–Trinajstić information content (AvgIpc) is 2.51. The van der Waals surface area contributed by atoms with Crippen molar-refractivity contribution < 1.29 is 4.79 Å². The molecule has 0 saturated carbocycles. The molecule has 0 unspecified atom stereocenters. The molecule has 5 nitrogen and oxygen atoms in total. The average molecular weight is 329 g/mol. The van der Waals surface area contributed by atoms with E-state index in [4.69, 9.17) is 11.6 Å². The highest BCUT2D eigenvalue weighted by Crippen LogP contribution is 2.13. The predicted molar refractivity (Wildman–Crippen MR) is 89.1 cm³/mol. The van der Waals surface area contributed by atoms with E-state index >= 15 is 0 Å². The fourth-order valence-corrected chi connectivity index (χ4v) is 1.76. The van der Waals surface area contributed by atoms with Crippen molar-refractivity contribution in [2.24, 2.45) is 0 Å². The number of amides is 1. The monoisotopic (exact) mass is 328 g/mol. The van der Waals surface area contributed by atoms with Gasteiger partial charge in [0.05, 0.1) is 10.6 Å². The molecule has 2 aromatic heterocycles. The molecule has 1 amide bonds. The fraction of sp³-hybridized carbons (Fsp3) is 0.294. The Labute approximate surface area is 140 Å². The molecule has 0 aromatic carbocycles. The van der Waals surface area contributed by atoms with Crippen LogP contribution in [0.5, 0.6) is 0 Å². The van der Waals surface area contributed by atoms with E-state index in [-0.39, 0.29) is 17.3 Å². The Balaban J connectivity index is 2.16. The molecular formula is C17H17ClN4O. The molecule has 23 heavy (non-hydrogen) atoms. The first-order valence-corrected chi connectivity index (χ1v) is 7.38. The van der Waals surface area contributed by atoms with Crippen molar-refractivity contribution in [3.05, 3.63) is 52.8 Å². The van der Waals surface area contributed by atoms with Gasteiger partial charge in [-0.15, -0.1) is 0 Å². The summed E-state index contributed by atoms with van der Waals surface area (Å²) in [7, 11) is 1.73. The van der Waals surface area contributed by atoms with Gasteiger partial charge in [0, 0.05) is 42.9 Å². The van der Waals surface area contributed by atoms with Gasteiger partial charge < -0.3 is 4.90 Å². The molecule has 0 radical (unpaired) electrons. The zero-order valence-electron chi connectivity index (χ0n) is 13.5. The number of hydrogen-bond donors (Lipinski definition) is 0. The normalized spacial score (nSPS) is 10.7. The van der Waals surface area contributed by atoms with Crippen LogP contribution < -0.4 is 0 Å². The Morgan fingerprint density at radius 2 is 1.70 bits per heavy atom. The lowest BCUT2D eigenvalue weighted by atomic mass is 10.1. The van der Waals surface area contributed by atoms with Crippen molar-refractivity contribution in [3.8, 4) is 11.8 Å². The molecule has 0 N–H and O–H groups in total. The quantitative estimate of drug-likeness (QED) is 0.755. The van der Waals surface area contributed by atoms with E-state index in [1.807, 2.05) is 20.8 Å². The lowest BCUT2D eigenvalue weighted by Gasteiger charge is -2.31. The van der Waals surface area contributed by atoms with Crippen LogP contribution >= 0.6 is 11.6 Å². The number of hydrogen-bond acceptors (Lipinski definition) is 4. The maximum atomic E-state index is 12.3. The number of halogens is 1. The van der Waals surface area contributed by atoms with Gasteiger partial charge in [-0.2, -0.15) is 0 Å². The van der Waals surface area contributed by atoms with Crippen molar-refractivity contribution >= 4 is 17.5 Å². The van der Waals surface area contributed by atoms with Crippen LogP contribution in [0.15, 0.2) is 30.9 Å². The number of rotatable bonds is 1. The highest BCUT2D eigenvalue weighted by Gasteiger charge is 2.24. The van der Waals surface area contributed by atoms with Crippen molar-refractivity contribution in [1.82, 2.24) is 19.9 Å². The highest BCUT2D eigenvalue weighted by molar-refractivity contribution is 6.30. The zero-order chi connectivity index (χ0) is 17.0. The molecule has 118 valence electrons. The third kappa shape index (κ3) is 4.51. The van der Waals surface area contributed by atoms with Crippen molar-refractivity contribution in [2.45, 2.75) is 26.3 Å². The third-order valence-electron chi connectivity index (χ3n) is 3.21. The van der Waals surface area contributed by atoms with Crippen LogP contribution in [0.25, 0.3) is 0 Å².